The van der Waals surface area contributed by atoms with Crippen LogP contribution in [0.25, 0.3) is 22.3 Å². The SMILES string of the molecule is Cc1nc(-c2ccc3nc[nH]c3c2)c2n1CCC(N)C2. The summed E-state index contributed by atoms with van der Waals surface area (Å²) in [5, 5.41) is 0. The molecule has 1 unspecified atom stereocenters. The van der Waals surface area contributed by atoms with Gasteiger partial charge in [-0.25, -0.2) is 9.97 Å². The van der Waals surface area contributed by atoms with Crippen LogP contribution in [0.15, 0.2) is 24.5 Å². The molecular formula is C15H17N5. The van der Waals surface area contributed by atoms with Crippen LogP contribution in [-0.4, -0.2) is 25.6 Å². The van der Waals surface area contributed by atoms with Gasteiger partial charge in [0.1, 0.15) is 5.82 Å². The second kappa shape index (κ2) is 4.18. The Bertz CT molecular complexity index is 783. The van der Waals surface area contributed by atoms with Crippen molar-refractivity contribution in [2.75, 3.05) is 0 Å². The highest BCUT2D eigenvalue weighted by Crippen LogP contribution is 2.29. The summed E-state index contributed by atoms with van der Waals surface area (Å²) in [5.41, 5.74) is 11.6. The molecule has 3 heterocycles. The summed E-state index contributed by atoms with van der Waals surface area (Å²) in [6.45, 7) is 3.04. The third-order valence-corrected chi connectivity index (χ3v) is 4.14. The lowest BCUT2D eigenvalue weighted by Crippen LogP contribution is -2.31. The first-order valence-electron chi connectivity index (χ1n) is 6.97. The molecule has 3 N–H and O–H groups in total. The molecule has 3 aromatic rings. The van der Waals surface area contributed by atoms with Crippen molar-refractivity contribution in [2.45, 2.75) is 32.4 Å². The lowest BCUT2D eigenvalue weighted by molar-refractivity contribution is 0.466. The fourth-order valence-electron chi connectivity index (χ4n) is 3.07. The van der Waals surface area contributed by atoms with E-state index in [0.717, 1.165) is 47.5 Å². The second-order valence-corrected chi connectivity index (χ2v) is 5.49. The summed E-state index contributed by atoms with van der Waals surface area (Å²) < 4.78 is 2.30. The number of fused-ring (bicyclic) bond motifs is 2. The maximum Gasteiger partial charge on any atom is 0.106 e. The first-order valence-corrected chi connectivity index (χ1v) is 6.97. The number of imidazole rings is 2. The Hall–Kier alpha value is -2.14. The molecule has 1 aliphatic rings. The predicted molar refractivity (Wildman–Crippen MR) is 78.3 cm³/mol. The molecule has 0 fully saturated rings. The third kappa shape index (κ3) is 1.67. The average molecular weight is 267 g/mol. The van der Waals surface area contributed by atoms with Gasteiger partial charge < -0.3 is 15.3 Å². The van der Waals surface area contributed by atoms with Crippen molar-refractivity contribution in [3.05, 3.63) is 36.0 Å². The Morgan fingerprint density at radius 3 is 3.20 bits per heavy atom. The highest BCUT2D eigenvalue weighted by molar-refractivity contribution is 5.81. The first kappa shape index (κ1) is 11.7. The van der Waals surface area contributed by atoms with Crippen LogP contribution >= 0.6 is 0 Å². The minimum Gasteiger partial charge on any atom is -0.345 e. The van der Waals surface area contributed by atoms with E-state index in [2.05, 4.69) is 33.6 Å². The number of aromatic nitrogens is 4. The average Bonchev–Trinajstić information content (AvgIpc) is 3.02. The van der Waals surface area contributed by atoms with Gasteiger partial charge in [-0.15, -0.1) is 0 Å². The molecule has 0 saturated heterocycles. The van der Waals surface area contributed by atoms with Crippen LogP contribution in [0.3, 0.4) is 0 Å². The second-order valence-electron chi connectivity index (χ2n) is 5.49. The van der Waals surface area contributed by atoms with E-state index in [-0.39, 0.29) is 6.04 Å². The van der Waals surface area contributed by atoms with E-state index < -0.39 is 0 Å². The van der Waals surface area contributed by atoms with Crippen LogP contribution < -0.4 is 5.73 Å². The lowest BCUT2D eigenvalue weighted by atomic mass is 10.0. The maximum atomic E-state index is 6.12. The molecule has 0 saturated carbocycles. The van der Waals surface area contributed by atoms with Crippen molar-refractivity contribution in [2.24, 2.45) is 5.73 Å². The standard InChI is InChI=1S/C15H17N5/c1-9-19-15(14-7-11(16)4-5-20(9)14)10-2-3-12-13(6-10)18-8-17-12/h2-3,6,8,11H,4-5,7,16H2,1H3,(H,17,18). The van der Waals surface area contributed by atoms with Gasteiger partial charge in [-0.2, -0.15) is 0 Å². The number of H-pyrrole nitrogens is 1. The van der Waals surface area contributed by atoms with Crippen molar-refractivity contribution in [1.82, 2.24) is 19.5 Å². The molecule has 1 aromatic carbocycles. The van der Waals surface area contributed by atoms with E-state index in [1.54, 1.807) is 6.33 Å². The van der Waals surface area contributed by atoms with Gasteiger partial charge in [-0.05, 0) is 25.5 Å². The van der Waals surface area contributed by atoms with Crippen LogP contribution in [0, 0.1) is 6.92 Å². The fourth-order valence-corrected chi connectivity index (χ4v) is 3.07. The summed E-state index contributed by atoms with van der Waals surface area (Å²) in [7, 11) is 0. The number of aromatic amines is 1. The number of nitrogens with zero attached hydrogens (tertiary/aromatic N) is 3. The molecule has 4 rings (SSSR count). The number of nitrogens with two attached hydrogens (primary N) is 1. The number of hydrogen-bond acceptors (Lipinski definition) is 3. The van der Waals surface area contributed by atoms with E-state index in [1.807, 2.05) is 6.07 Å². The summed E-state index contributed by atoms with van der Waals surface area (Å²) in [6.07, 6.45) is 3.65. The quantitative estimate of drug-likeness (QED) is 0.708. The minimum atomic E-state index is 0.244. The van der Waals surface area contributed by atoms with Gasteiger partial charge in [-0.1, -0.05) is 6.07 Å². The molecule has 1 aliphatic heterocycles. The van der Waals surface area contributed by atoms with Crippen LogP contribution in [0.2, 0.25) is 0 Å². The van der Waals surface area contributed by atoms with Crippen LogP contribution in [0.5, 0.6) is 0 Å². The van der Waals surface area contributed by atoms with Gasteiger partial charge >= 0.3 is 0 Å². The highest BCUT2D eigenvalue weighted by Gasteiger charge is 2.22. The molecule has 20 heavy (non-hydrogen) atoms. The Labute approximate surface area is 116 Å². The molecule has 0 amide bonds. The van der Waals surface area contributed by atoms with Gasteiger partial charge in [0.05, 0.1) is 23.1 Å². The zero-order valence-electron chi connectivity index (χ0n) is 11.4. The number of aryl methyl sites for hydroxylation is 1. The molecule has 1 atom stereocenters. The van der Waals surface area contributed by atoms with E-state index >= 15 is 0 Å². The summed E-state index contributed by atoms with van der Waals surface area (Å²) in [4.78, 5) is 12.2. The van der Waals surface area contributed by atoms with E-state index in [4.69, 9.17) is 10.7 Å². The van der Waals surface area contributed by atoms with Crippen molar-refractivity contribution in [3.63, 3.8) is 0 Å². The zero-order chi connectivity index (χ0) is 13.7. The zero-order valence-corrected chi connectivity index (χ0v) is 11.4. The van der Waals surface area contributed by atoms with Crippen molar-refractivity contribution in [1.29, 1.82) is 0 Å². The highest BCUT2D eigenvalue weighted by atomic mass is 15.1. The molecule has 5 nitrogen and oxygen atoms in total. The number of hydrogen-bond donors (Lipinski definition) is 2. The summed E-state index contributed by atoms with van der Waals surface area (Å²) >= 11 is 0. The Kier molecular flexibility index (Phi) is 2.44. The smallest absolute Gasteiger partial charge is 0.106 e. The van der Waals surface area contributed by atoms with Crippen molar-refractivity contribution >= 4 is 11.0 Å². The molecule has 0 bridgehead atoms. The maximum absolute atomic E-state index is 6.12. The largest absolute Gasteiger partial charge is 0.345 e. The summed E-state index contributed by atoms with van der Waals surface area (Å²) in [6, 6.07) is 6.48. The van der Waals surface area contributed by atoms with E-state index in [0.29, 0.717) is 0 Å². The Balaban J connectivity index is 1.89. The van der Waals surface area contributed by atoms with Crippen molar-refractivity contribution < 1.29 is 0 Å². The van der Waals surface area contributed by atoms with Crippen LogP contribution in [-0.2, 0) is 13.0 Å². The fraction of sp³-hybridized carbons (Fsp3) is 0.333. The Morgan fingerprint density at radius 1 is 1.40 bits per heavy atom. The number of nitrogens with one attached hydrogen (secondary N) is 1. The number of rotatable bonds is 1. The van der Waals surface area contributed by atoms with Gasteiger partial charge in [0, 0.05) is 30.3 Å². The van der Waals surface area contributed by atoms with Gasteiger partial charge in [0.15, 0.2) is 0 Å². The summed E-state index contributed by atoms with van der Waals surface area (Å²) in [5.74, 6) is 1.08. The molecule has 2 aromatic heterocycles. The number of benzene rings is 1. The van der Waals surface area contributed by atoms with Gasteiger partial charge in [-0.3, -0.25) is 0 Å². The van der Waals surface area contributed by atoms with Crippen molar-refractivity contribution in [3.8, 4) is 11.3 Å². The van der Waals surface area contributed by atoms with Crippen LogP contribution in [0.4, 0.5) is 0 Å². The van der Waals surface area contributed by atoms with Crippen LogP contribution in [0.1, 0.15) is 17.9 Å². The third-order valence-electron chi connectivity index (χ3n) is 4.14. The molecular weight excluding hydrogens is 250 g/mol. The molecule has 0 radical (unpaired) electrons. The lowest BCUT2D eigenvalue weighted by Gasteiger charge is -2.22. The topological polar surface area (TPSA) is 72.5 Å². The monoisotopic (exact) mass is 267 g/mol. The van der Waals surface area contributed by atoms with E-state index in [9.17, 15) is 0 Å². The molecule has 0 spiro atoms. The molecule has 102 valence electrons. The normalized spacial score (nSPS) is 18.4. The minimum absolute atomic E-state index is 0.244. The Morgan fingerprint density at radius 2 is 2.30 bits per heavy atom. The predicted octanol–water partition coefficient (Wildman–Crippen LogP) is 2.01. The van der Waals surface area contributed by atoms with E-state index in [1.165, 1.54) is 5.69 Å². The molecule has 0 aliphatic carbocycles. The molecule has 5 heteroatoms. The first-order chi connectivity index (χ1) is 9.72. The van der Waals surface area contributed by atoms with Gasteiger partial charge in [0.2, 0.25) is 0 Å². The van der Waals surface area contributed by atoms with Gasteiger partial charge in [0.25, 0.3) is 0 Å².